The molecule has 0 aliphatic carbocycles. The molecule has 3 aromatic rings. The van der Waals surface area contributed by atoms with E-state index in [1.165, 1.54) is 0 Å². The van der Waals surface area contributed by atoms with Crippen LogP contribution in [0.1, 0.15) is 13.3 Å². The van der Waals surface area contributed by atoms with Crippen molar-refractivity contribution in [2.45, 2.75) is 13.3 Å². The fourth-order valence-corrected chi connectivity index (χ4v) is 4.23. The maximum atomic E-state index is 12.4. The second-order valence-electron chi connectivity index (χ2n) is 8.21. The Hall–Kier alpha value is -3.32. The highest BCUT2D eigenvalue weighted by atomic mass is 16.5. The first-order chi connectivity index (χ1) is 16.1. The summed E-state index contributed by atoms with van der Waals surface area (Å²) in [6, 6.07) is 16.1. The van der Waals surface area contributed by atoms with Crippen molar-refractivity contribution in [1.82, 2.24) is 15.6 Å². The molecule has 2 heterocycles. The van der Waals surface area contributed by atoms with E-state index in [0.29, 0.717) is 19.7 Å². The highest BCUT2D eigenvalue weighted by molar-refractivity contribution is 5.95. The molecule has 1 fully saturated rings. The van der Waals surface area contributed by atoms with Gasteiger partial charge in [0.15, 0.2) is 0 Å². The highest BCUT2D eigenvalue weighted by Crippen LogP contribution is 2.35. The van der Waals surface area contributed by atoms with E-state index in [9.17, 15) is 4.79 Å². The van der Waals surface area contributed by atoms with E-state index in [0.717, 1.165) is 58.9 Å². The normalized spacial score (nSPS) is 15.6. The Morgan fingerprint density at radius 2 is 1.94 bits per heavy atom. The summed E-state index contributed by atoms with van der Waals surface area (Å²) in [7, 11) is 3.57. The lowest BCUT2D eigenvalue weighted by atomic mass is 10.1. The van der Waals surface area contributed by atoms with E-state index < -0.39 is 0 Å². The van der Waals surface area contributed by atoms with Crippen LogP contribution in [0.25, 0.3) is 22.2 Å². The van der Waals surface area contributed by atoms with Crippen molar-refractivity contribution in [2.75, 3.05) is 51.8 Å². The summed E-state index contributed by atoms with van der Waals surface area (Å²) in [5, 5.41) is 7.10. The first kappa shape index (κ1) is 22.9. The number of nitrogens with one attached hydrogen (secondary N) is 2. The molecule has 33 heavy (non-hydrogen) atoms. The predicted molar refractivity (Wildman–Crippen MR) is 132 cm³/mol. The Balaban J connectivity index is 1.67. The van der Waals surface area contributed by atoms with Gasteiger partial charge < -0.3 is 25.0 Å². The summed E-state index contributed by atoms with van der Waals surface area (Å²) in [5.74, 6) is 1.74. The number of nitrogens with zero attached hydrogens (tertiary/aromatic N) is 2. The summed E-state index contributed by atoms with van der Waals surface area (Å²) in [6.45, 7) is 5.57. The summed E-state index contributed by atoms with van der Waals surface area (Å²) < 4.78 is 11.2. The Kier molecular flexibility index (Phi) is 7.29. The average Bonchev–Trinajstić information content (AvgIpc) is 3.34. The number of amides is 1. The Morgan fingerprint density at radius 1 is 1.15 bits per heavy atom. The number of aromatic nitrogens is 1. The second-order valence-corrected chi connectivity index (χ2v) is 8.21. The van der Waals surface area contributed by atoms with Crippen LogP contribution in [0.2, 0.25) is 0 Å². The van der Waals surface area contributed by atoms with Gasteiger partial charge >= 0.3 is 0 Å². The van der Waals surface area contributed by atoms with Gasteiger partial charge in [0.1, 0.15) is 18.1 Å². The molecule has 1 amide bonds. The van der Waals surface area contributed by atoms with E-state index in [1.54, 1.807) is 7.11 Å². The summed E-state index contributed by atoms with van der Waals surface area (Å²) >= 11 is 0. The summed E-state index contributed by atoms with van der Waals surface area (Å²) in [6.07, 6.45) is 0.847. The largest absolute Gasteiger partial charge is 0.497 e. The lowest BCUT2D eigenvalue weighted by Crippen LogP contribution is -2.32. The van der Waals surface area contributed by atoms with Crippen LogP contribution in [0.15, 0.2) is 48.5 Å². The van der Waals surface area contributed by atoms with Crippen molar-refractivity contribution < 1.29 is 14.3 Å². The zero-order valence-corrected chi connectivity index (χ0v) is 19.6. The Bertz CT molecular complexity index is 1100. The second kappa shape index (κ2) is 10.5. The van der Waals surface area contributed by atoms with E-state index in [1.807, 2.05) is 50.4 Å². The van der Waals surface area contributed by atoms with Gasteiger partial charge in [-0.25, -0.2) is 4.98 Å². The highest BCUT2D eigenvalue weighted by Gasteiger charge is 2.29. The number of carbonyl (C=O) groups is 1. The Labute approximate surface area is 195 Å². The molecule has 2 N–H and O–H groups in total. The molecule has 0 saturated carbocycles. The first-order valence-electron chi connectivity index (χ1n) is 11.5. The van der Waals surface area contributed by atoms with Gasteiger partial charge in [-0.2, -0.15) is 0 Å². The van der Waals surface area contributed by atoms with Gasteiger partial charge in [0.05, 0.1) is 24.2 Å². The minimum Gasteiger partial charge on any atom is -0.497 e. The van der Waals surface area contributed by atoms with Gasteiger partial charge in [-0.05, 0) is 62.9 Å². The van der Waals surface area contributed by atoms with Crippen molar-refractivity contribution in [3.63, 3.8) is 0 Å². The lowest BCUT2D eigenvalue weighted by molar-refractivity contribution is -0.124. The zero-order chi connectivity index (χ0) is 23.2. The smallest absolute Gasteiger partial charge is 0.224 e. The molecular weight excluding hydrogens is 416 g/mol. The molecule has 1 atom stereocenters. The molecule has 0 bridgehead atoms. The molecule has 174 valence electrons. The minimum atomic E-state index is 0.00362. The standard InChI is InChI=1S/C26H32N4O3/c1-4-28-26(31)19-11-13-30(17-19)25-16-23(29-24-15-21(32-3)9-10-22(24)25)18-5-7-20(8-6-18)33-14-12-27-2/h5-10,15-16,19,27H,4,11-14,17H2,1-3H3,(H,28,31). The number of fused-ring (bicyclic) bond motifs is 1. The predicted octanol–water partition coefficient (Wildman–Crippen LogP) is 3.47. The van der Waals surface area contributed by atoms with Crippen LogP contribution < -0.4 is 25.0 Å². The lowest BCUT2D eigenvalue weighted by Gasteiger charge is -2.22. The number of rotatable bonds is 9. The number of carbonyl (C=O) groups excluding carboxylic acids is 1. The molecule has 0 radical (unpaired) electrons. The molecule has 1 aliphatic rings. The summed E-state index contributed by atoms with van der Waals surface area (Å²) in [5.41, 5.74) is 3.87. The van der Waals surface area contributed by atoms with Gasteiger partial charge in [0, 0.05) is 48.9 Å². The van der Waals surface area contributed by atoms with E-state index in [2.05, 4.69) is 27.7 Å². The molecule has 1 saturated heterocycles. The van der Waals surface area contributed by atoms with E-state index >= 15 is 0 Å². The third kappa shape index (κ3) is 5.20. The van der Waals surface area contributed by atoms with Crippen LogP contribution in [0.4, 0.5) is 5.69 Å². The minimum absolute atomic E-state index is 0.00362. The van der Waals surface area contributed by atoms with Gasteiger partial charge in [-0.15, -0.1) is 0 Å². The number of methoxy groups -OCH3 is 1. The first-order valence-corrected chi connectivity index (χ1v) is 11.5. The molecule has 1 aliphatic heterocycles. The molecule has 4 rings (SSSR count). The van der Waals surface area contributed by atoms with Gasteiger partial charge in [0.25, 0.3) is 0 Å². The van der Waals surface area contributed by atoms with E-state index in [-0.39, 0.29) is 11.8 Å². The van der Waals surface area contributed by atoms with Gasteiger partial charge in [0.2, 0.25) is 5.91 Å². The third-order valence-electron chi connectivity index (χ3n) is 6.02. The fraction of sp³-hybridized carbons (Fsp3) is 0.385. The maximum Gasteiger partial charge on any atom is 0.224 e. The van der Waals surface area contributed by atoms with Crippen molar-refractivity contribution in [3.8, 4) is 22.8 Å². The number of anilines is 1. The molecule has 0 spiro atoms. The SMILES string of the molecule is CCNC(=O)C1CCN(c2cc(-c3ccc(OCCNC)cc3)nc3cc(OC)ccc23)C1. The quantitative estimate of drug-likeness (QED) is 0.488. The van der Waals surface area contributed by atoms with Crippen LogP contribution in [0.3, 0.4) is 0 Å². The van der Waals surface area contributed by atoms with Crippen LogP contribution in [-0.4, -0.2) is 57.8 Å². The fourth-order valence-electron chi connectivity index (χ4n) is 4.23. The Morgan fingerprint density at radius 3 is 2.67 bits per heavy atom. The van der Waals surface area contributed by atoms with Crippen molar-refractivity contribution in [1.29, 1.82) is 0 Å². The zero-order valence-electron chi connectivity index (χ0n) is 19.6. The third-order valence-corrected chi connectivity index (χ3v) is 6.02. The van der Waals surface area contributed by atoms with Gasteiger partial charge in [-0.1, -0.05) is 0 Å². The van der Waals surface area contributed by atoms with Crippen molar-refractivity contribution in [3.05, 3.63) is 48.5 Å². The number of benzene rings is 2. The molecule has 7 nitrogen and oxygen atoms in total. The summed E-state index contributed by atoms with van der Waals surface area (Å²) in [4.78, 5) is 19.6. The molecule has 1 aromatic heterocycles. The number of pyridine rings is 1. The number of hydrogen-bond donors (Lipinski definition) is 2. The molecular formula is C26H32N4O3. The van der Waals surface area contributed by atoms with Crippen LogP contribution in [-0.2, 0) is 4.79 Å². The molecule has 7 heteroatoms. The number of likely N-dealkylation sites (N-methyl/N-ethyl adjacent to an activating group) is 1. The maximum absolute atomic E-state index is 12.4. The number of ether oxygens (including phenoxy) is 2. The van der Waals surface area contributed by atoms with Crippen molar-refractivity contribution >= 4 is 22.5 Å². The van der Waals surface area contributed by atoms with E-state index in [4.69, 9.17) is 14.5 Å². The number of hydrogen-bond acceptors (Lipinski definition) is 6. The topological polar surface area (TPSA) is 75.7 Å². The molecule has 2 aromatic carbocycles. The monoisotopic (exact) mass is 448 g/mol. The van der Waals surface area contributed by atoms with Crippen molar-refractivity contribution in [2.24, 2.45) is 5.92 Å². The molecule has 1 unspecified atom stereocenters. The van der Waals surface area contributed by atoms with Crippen LogP contribution in [0.5, 0.6) is 11.5 Å². The average molecular weight is 449 g/mol. The van der Waals surface area contributed by atoms with Crippen LogP contribution >= 0.6 is 0 Å². The van der Waals surface area contributed by atoms with Crippen LogP contribution in [0, 0.1) is 5.92 Å². The van der Waals surface area contributed by atoms with Gasteiger partial charge in [-0.3, -0.25) is 4.79 Å².